The first-order chi connectivity index (χ1) is 16.1. The molecule has 166 valence electrons. The number of nitrogens with one attached hydrogen (secondary N) is 1. The fourth-order valence-corrected chi connectivity index (χ4v) is 3.51. The smallest absolute Gasteiger partial charge is 0.228 e. The number of carbonyl (C=O) groups excluding carboxylic acids is 1. The average Bonchev–Trinajstić information content (AvgIpc) is 2.81. The Balaban J connectivity index is 1.47. The van der Waals surface area contributed by atoms with Gasteiger partial charge in [-0.25, -0.2) is 4.98 Å². The van der Waals surface area contributed by atoms with Gasteiger partial charge in [0.1, 0.15) is 5.82 Å². The molecule has 0 spiro atoms. The number of nitrogens with two attached hydrogens (primary N) is 2. The Morgan fingerprint density at radius 3 is 2.09 bits per heavy atom. The maximum atomic E-state index is 12.3. The number of hydrogen-bond donors (Lipinski definition) is 3. The maximum absolute atomic E-state index is 12.3. The highest BCUT2D eigenvalue weighted by molar-refractivity contribution is 5.92. The summed E-state index contributed by atoms with van der Waals surface area (Å²) in [7, 11) is 0. The predicted molar refractivity (Wildman–Crippen MR) is 130 cm³/mol. The lowest BCUT2D eigenvalue weighted by Gasteiger charge is -2.13. The van der Waals surface area contributed by atoms with E-state index in [2.05, 4.69) is 15.3 Å². The third kappa shape index (κ3) is 5.93. The van der Waals surface area contributed by atoms with Crippen molar-refractivity contribution < 1.29 is 9.53 Å². The van der Waals surface area contributed by atoms with Crippen LogP contribution in [-0.4, -0.2) is 15.9 Å². The molecule has 33 heavy (non-hydrogen) atoms. The van der Waals surface area contributed by atoms with Crippen molar-refractivity contribution in [2.75, 3.05) is 16.8 Å². The van der Waals surface area contributed by atoms with Crippen molar-refractivity contribution in [3.8, 4) is 11.1 Å². The summed E-state index contributed by atoms with van der Waals surface area (Å²) in [6, 6.07) is 26.9. The number of hydrogen-bond acceptors (Lipinski definition) is 6. The number of amides is 1. The lowest BCUT2D eigenvalue weighted by atomic mass is 10.0. The molecule has 3 aromatic carbocycles. The third-order valence-electron chi connectivity index (χ3n) is 5.04. The lowest BCUT2D eigenvalue weighted by Crippen LogP contribution is -2.14. The summed E-state index contributed by atoms with van der Waals surface area (Å²) >= 11 is 0. The lowest BCUT2D eigenvalue weighted by molar-refractivity contribution is -0.115. The van der Waals surface area contributed by atoms with Crippen LogP contribution in [0.1, 0.15) is 16.8 Å². The second-order valence-corrected chi connectivity index (χ2v) is 7.56. The van der Waals surface area contributed by atoms with E-state index in [4.69, 9.17) is 16.2 Å². The van der Waals surface area contributed by atoms with Gasteiger partial charge in [0, 0.05) is 11.3 Å². The Kier molecular flexibility index (Phi) is 6.92. The highest BCUT2D eigenvalue weighted by atomic mass is 16.5. The largest absolute Gasteiger partial charge is 0.383 e. The molecule has 0 fully saturated rings. The average molecular weight is 440 g/mol. The fraction of sp³-hybridized carbons (Fsp3) is 0.115. The Hall–Kier alpha value is -4.23. The predicted octanol–water partition coefficient (Wildman–Crippen LogP) is 4.21. The molecule has 0 aliphatic carbocycles. The molecule has 0 unspecified atom stereocenters. The van der Waals surface area contributed by atoms with E-state index in [0.717, 1.165) is 16.7 Å². The fourth-order valence-electron chi connectivity index (χ4n) is 3.51. The summed E-state index contributed by atoms with van der Waals surface area (Å²) in [4.78, 5) is 20.8. The van der Waals surface area contributed by atoms with Crippen LogP contribution in [0.4, 0.5) is 17.5 Å². The van der Waals surface area contributed by atoms with Gasteiger partial charge in [0.15, 0.2) is 0 Å². The van der Waals surface area contributed by atoms with Gasteiger partial charge in [-0.15, -0.1) is 0 Å². The summed E-state index contributed by atoms with van der Waals surface area (Å²) in [5, 5.41) is 2.91. The molecule has 0 aliphatic rings. The third-order valence-corrected chi connectivity index (χ3v) is 5.04. The molecule has 1 amide bonds. The van der Waals surface area contributed by atoms with E-state index in [-0.39, 0.29) is 24.3 Å². The van der Waals surface area contributed by atoms with Crippen molar-refractivity contribution in [2.24, 2.45) is 0 Å². The SMILES string of the molecule is Nc1nc(N)c(-c2ccc(NC(=O)Cc3ccccc3)cc2)c(COCc2ccccc2)n1. The van der Waals surface area contributed by atoms with Crippen molar-refractivity contribution in [3.05, 3.63) is 102 Å². The number of rotatable bonds is 8. The van der Waals surface area contributed by atoms with Gasteiger partial charge in [0.2, 0.25) is 11.9 Å². The monoisotopic (exact) mass is 439 g/mol. The molecule has 1 aromatic heterocycles. The van der Waals surface area contributed by atoms with Gasteiger partial charge < -0.3 is 21.5 Å². The van der Waals surface area contributed by atoms with Gasteiger partial charge in [-0.05, 0) is 28.8 Å². The van der Waals surface area contributed by atoms with Crippen molar-refractivity contribution in [2.45, 2.75) is 19.6 Å². The molecule has 7 heteroatoms. The van der Waals surface area contributed by atoms with E-state index in [1.807, 2.05) is 84.9 Å². The highest BCUT2D eigenvalue weighted by Gasteiger charge is 2.14. The topological polar surface area (TPSA) is 116 Å². The van der Waals surface area contributed by atoms with Crippen LogP contribution in [-0.2, 0) is 29.2 Å². The molecule has 0 bridgehead atoms. The summed E-state index contributed by atoms with van der Waals surface area (Å²) in [5.74, 6) is 0.292. The zero-order chi connectivity index (χ0) is 23.0. The van der Waals surface area contributed by atoms with Gasteiger partial charge in [-0.1, -0.05) is 72.8 Å². The molecular formula is C26H25N5O2. The minimum atomic E-state index is -0.0840. The standard InChI is InChI=1S/C26H25N5O2/c27-25-24(22(30-26(28)31-25)17-33-16-19-9-5-2-6-10-19)20-11-13-21(14-12-20)29-23(32)15-18-7-3-1-4-8-18/h1-14H,15-17H2,(H,29,32)(H4,27,28,30,31). The Morgan fingerprint density at radius 2 is 1.42 bits per heavy atom. The van der Waals surface area contributed by atoms with E-state index in [9.17, 15) is 4.79 Å². The maximum Gasteiger partial charge on any atom is 0.228 e. The Morgan fingerprint density at radius 1 is 0.788 bits per heavy atom. The molecule has 4 aromatic rings. The molecule has 7 nitrogen and oxygen atoms in total. The Labute approximate surface area is 192 Å². The first kappa shape index (κ1) is 22.0. The van der Waals surface area contributed by atoms with Crippen LogP contribution in [0.2, 0.25) is 0 Å². The van der Waals surface area contributed by atoms with Gasteiger partial charge in [0.25, 0.3) is 0 Å². The summed E-state index contributed by atoms with van der Waals surface area (Å²) in [5.41, 5.74) is 16.8. The number of nitrogens with zero attached hydrogens (tertiary/aromatic N) is 2. The number of nitrogen functional groups attached to an aromatic ring is 2. The van der Waals surface area contributed by atoms with Crippen molar-refractivity contribution >= 4 is 23.4 Å². The number of anilines is 3. The van der Waals surface area contributed by atoms with Crippen LogP contribution in [0.3, 0.4) is 0 Å². The molecule has 0 saturated carbocycles. The van der Waals surface area contributed by atoms with Crippen molar-refractivity contribution in [3.63, 3.8) is 0 Å². The van der Waals surface area contributed by atoms with Gasteiger partial charge in [0.05, 0.1) is 25.3 Å². The van der Waals surface area contributed by atoms with Gasteiger partial charge in [-0.3, -0.25) is 4.79 Å². The Bertz CT molecular complexity index is 1210. The minimum Gasteiger partial charge on any atom is -0.383 e. The molecule has 0 saturated heterocycles. The zero-order valence-electron chi connectivity index (χ0n) is 18.1. The molecule has 5 N–H and O–H groups in total. The molecule has 1 heterocycles. The van der Waals surface area contributed by atoms with E-state index >= 15 is 0 Å². The first-order valence-corrected chi connectivity index (χ1v) is 10.6. The number of aromatic nitrogens is 2. The minimum absolute atomic E-state index is 0.0840. The van der Waals surface area contributed by atoms with Crippen LogP contribution >= 0.6 is 0 Å². The highest BCUT2D eigenvalue weighted by Crippen LogP contribution is 2.30. The molecule has 4 rings (SSSR count). The van der Waals surface area contributed by atoms with Crippen LogP contribution < -0.4 is 16.8 Å². The molecule has 0 atom stereocenters. The van der Waals surface area contributed by atoms with Crippen molar-refractivity contribution in [1.82, 2.24) is 9.97 Å². The van der Waals surface area contributed by atoms with E-state index in [1.54, 1.807) is 0 Å². The second-order valence-electron chi connectivity index (χ2n) is 7.56. The normalized spacial score (nSPS) is 10.7. The summed E-state index contributed by atoms with van der Waals surface area (Å²) in [6.07, 6.45) is 0.310. The molecule has 0 aliphatic heterocycles. The summed E-state index contributed by atoms with van der Waals surface area (Å²) < 4.78 is 5.85. The van der Waals surface area contributed by atoms with Gasteiger partial charge in [-0.2, -0.15) is 4.98 Å². The van der Waals surface area contributed by atoms with E-state index in [1.165, 1.54) is 0 Å². The first-order valence-electron chi connectivity index (χ1n) is 10.6. The molecular weight excluding hydrogens is 414 g/mol. The number of ether oxygens (including phenoxy) is 1. The quantitative estimate of drug-likeness (QED) is 0.379. The van der Waals surface area contributed by atoms with Crippen LogP contribution in [0.25, 0.3) is 11.1 Å². The zero-order valence-corrected chi connectivity index (χ0v) is 18.1. The summed E-state index contributed by atoms with van der Waals surface area (Å²) in [6.45, 7) is 0.674. The number of carbonyl (C=O) groups is 1. The van der Waals surface area contributed by atoms with E-state index in [0.29, 0.717) is 30.0 Å². The second kappa shape index (κ2) is 10.4. The van der Waals surface area contributed by atoms with E-state index < -0.39 is 0 Å². The van der Waals surface area contributed by atoms with Gasteiger partial charge >= 0.3 is 0 Å². The van der Waals surface area contributed by atoms with Crippen LogP contribution in [0.5, 0.6) is 0 Å². The molecule has 0 radical (unpaired) electrons. The number of benzene rings is 3. The van der Waals surface area contributed by atoms with Crippen LogP contribution in [0.15, 0.2) is 84.9 Å². The van der Waals surface area contributed by atoms with Crippen LogP contribution in [0, 0.1) is 0 Å². The van der Waals surface area contributed by atoms with Crippen molar-refractivity contribution in [1.29, 1.82) is 0 Å².